The zero-order valence-electron chi connectivity index (χ0n) is 13.0. The molecule has 1 aromatic rings. The predicted octanol–water partition coefficient (Wildman–Crippen LogP) is 2.84. The molecule has 0 bridgehead atoms. The van der Waals surface area contributed by atoms with E-state index in [1.165, 1.54) is 22.9 Å². The van der Waals surface area contributed by atoms with Gasteiger partial charge in [0.1, 0.15) is 6.04 Å². The van der Waals surface area contributed by atoms with Crippen LogP contribution in [0, 0.1) is 12.3 Å². The summed E-state index contributed by atoms with van der Waals surface area (Å²) in [7, 11) is 0. The van der Waals surface area contributed by atoms with Crippen LogP contribution in [0.4, 0.5) is 0 Å². The van der Waals surface area contributed by atoms with E-state index in [4.69, 9.17) is 0 Å². The monoisotopic (exact) mass is 309 g/mol. The van der Waals surface area contributed by atoms with Crippen molar-refractivity contribution in [2.45, 2.75) is 39.5 Å². The second-order valence-corrected chi connectivity index (χ2v) is 7.17. The number of nitrogens with one attached hydrogen (secondary N) is 1. The first kappa shape index (κ1) is 17.6. The summed E-state index contributed by atoms with van der Waals surface area (Å²) in [4.78, 5) is 23.1. The lowest BCUT2D eigenvalue weighted by Crippen LogP contribution is -2.49. The van der Waals surface area contributed by atoms with Crippen LogP contribution in [0.25, 0.3) is 0 Å². The number of rotatable bonds is 6. The van der Waals surface area contributed by atoms with Gasteiger partial charge in [-0.2, -0.15) is 0 Å². The van der Waals surface area contributed by atoms with E-state index in [2.05, 4.69) is 11.4 Å². The number of thioether (sulfide) groups is 1. The Bertz CT molecular complexity index is 508. The molecule has 0 aliphatic rings. The second kappa shape index (κ2) is 7.50. The third-order valence-electron chi connectivity index (χ3n) is 3.00. The fourth-order valence-corrected chi connectivity index (χ4v) is 2.70. The molecule has 0 aliphatic heterocycles. The molecule has 0 spiro atoms. The van der Waals surface area contributed by atoms with E-state index in [0.29, 0.717) is 0 Å². The van der Waals surface area contributed by atoms with Crippen molar-refractivity contribution in [3.05, 3.63) is 35.4 Å². The maximum absolute atomic E-state index is 11.9. The summed E-state index contributed by atoms with van der Waals surface area (Å²) < 4.78 is 0. The first-order chi connectivity index (χ1) is 9.70. The van der Waals surface area contributed by atoms with Gasteiger partial charge in [-0.05, 0) is 17.9 Å². The molecule has 5 heteroatoms. The molecule has 1 atom stereocenters. The molecule has 0 aliphatic carbocycles. The molecular formula is C16H23NO3S. The van der Waals surface area contributed by atoms with Crippen LogP contribution in [0.3, 0.4) is 0 Å². The van der Waals surface area contributed by atoms with Gasteiger partial charge in [0.15, 0.2) is 0 Å². The van der Waals surface area contributed by atoms with E-state index < -0.39 is 17.4 Å². The summed E-state index contributed by atoms with van der Waals surface area (Å²) in [6.07, 6.45) is 0. The summed E-state index contributed by atoms with van der Waals surface area (Å²) in [6.45, 7) is 7.42. The Morgan fingerprint density at radius 1 is 1.33 bits per heavy atom. The van der Waals surface area contributed by atoms with Crippen molar-refractivity contribution >= 4 is 23.6 Å². The van der Waals surface area contributed by atoms with E-state index in [1.54, 1.807) is 20.8 Å². The van der Waals surface area contributed by atoms with Crippen molar-refractivity contribution in [3.8, 4) is 0 Å². The molecule has 4 nitrogen and oxygen atoms in total. The van der Waals surface area contributed by atoms with Crippen LogP contribution < -0.4 is 5.32 Å². The topological polar surface area (TPSA) is 66.4 Å². The van der Waals surface area contributed by atoms with Crippen molar-refractivity contribution < 1.29 is 14.7 Å². The van der Waals surface area contributed by atoms with Gasteiger partial charge in [-0.25, -0.2) is 4.79 Å². The summed E-state index contributed by atoms with van der Waals surface area (Å²) in [5.41, 5.74) is 1.84. The molecular weight excluding hydrogens is 286 g/mol. The van der Waals surface area contributed by atoms with Gasteiger partial charge in [-0.3, -0.25) is 4.79 Å². The van der Waals surface area contributed by atoms with Crippen molar-refractivity contribution in [3.63, 3.8) is 0 Å². The number of carboxylic acid groups (broad SMARTS) is 1. The molecule has 1 rings (SSSR count). The van der Waals surface area contributed by atoms with Gasteiger partial charge in [-0.15, -0.1) is 11.8 Å². The highest BCUT2D eigenvalue weighted by Crippen LogP contribution is 2.20. The number of hydrogen-bond acceptors (Lipinski definition) is 3. The van der Waals surface area contributed by atoms with E-state index >= 15 is 0 Å². The van der Waals surface area contributed by atoms with Gasteiger partial charge in [0.05, 0.1) is 5.75 Å². The molecule has 116 valence electrons. The van der Waals surface area contributed by atoms with Crippen molar-refractivity contribution in [1.29, 1.82) is 0 Å². The third kappa shape index (κ3) is 6.21. The Morgan fingerprint density at radius 3 is 2.52 bits per heavy atom. The molecule has 0 fully saturated rings. The second-order valence-electron chi connectivity index (χ2n) is 6.19. The van der Waals surface area contributed by atoms with Gasteiger partial charge in [0, 0.05) is 5.75 Å². The zero-order valence-corrected chi connectivity index (χ0v) is 13.8. The quantitative estimate of drug-likeness (QED) is 0.848. The molecule has 2 N–H and O–H groups in total. The number of benzene rings is 1. The summed E-state index contributed by atoms with van der Waals surface area (Å²) in [6, 6.07) is 7.25. The van der Waals surface area contributed by atoms with Crippen molar-refractivity contribution in [2.24, 2.45) is 5.41 Å². The van der Waals surface area contributed by atoms with Gasteiger partial charge in [0.25, 0.3) is 0 Å². The van der Waals surface area contributed by atoms with Gasteiger partial charge < -0.3 is 10.4 Å². The highest BCUT2D eigenvalue weighted by Gasteiger charge is 2.32. The van der Waals surface area contributed by atoms with E-state index in [9.17, 15) is 14.7 Å². The smallest absolute Gasteiger partial charge is 0.326 e. The minimum Gasteiger partial charge on any atom is -0.480 e. The molecule has 0 saturated carbocycles. The summed E-state index contributed by atoms with van der Waals surface area (Å²) >= 11 is 1.48. The van der Waals surface area contributed by atoms with Crippen LogP contribution in [0.2, 0.25) is 0 Å². The van der Waals surface area contributed by atoms with Gasteiger partial charge in [0.2, 0.25) is 5.91 Å². The van der Waals surface area contributed by atoms with Crippen LogP contribution in [-0.2, 0) is 15.3 Å². The number of aliphatic carboxylic acids is 1. The highest BCUT2D eigenvalue weighted by molar-refractivity contribution is 7.99. The number of amides is 1. The largest absolute Gasteiger partial charge is 0.480 e. The third-order valence-corrected chi connectivity index (χ3v) is 4.01. The number of aryl methyl sites for hydroxylation is 1. The Morgan fingerprint density at radius 2 is 2.00 bits per heavy atom. The Hall–Kier alpha value is -1.49. The molecule has 21 heavy (non-hydrogen) atoms. The molecule has 0 aromatic heterocycles. The highest BCUT2D eigenvalue weighted by atomic mass is 32.2. The standard InChI is InChI=1S/C16H23NO3S/c1-11-6-5-7-12(8-11)9-21-10-13(18)17-14(15(19)20)16(2,3)4/h5-8,14H,9-10H2,1-4H3,(H,17,18)(H,19,20)/t14-/m0/s1. The van der Waals surface area contributed by atoms with Crippen LogP contribution in [0.5, 0.6) is 0 Å². The number of hydrogen-bond donors (Lipinski definition) is 2. The first-order valence-electron chi connectivity index (χ1n) is 6.85. The summed E-state index contributed by atoms with van der Waals surface area (Å²) in [5, 5.41) is 11.8. The van der Waals surface area contributed by atoms with E-state index in [1.807, 2.05) is 25.1 Å². The molecule has 1 amide bonds. The van der Waals surface area contributed by atoms with Crippen LogP contribution in [0.15, 0.2) is 24.3 Å². The summed E-state index contributed by atoms with van der Waals surface area (Å²) in [5.74, 6) is -0.245. The number of carbonyl (C=O) groups is 2. The van der Waals surface area contributed by atoms with Crippen LogP contribution in [-0.4, -0.2) is 28.8 Å². The van der Waals surface area contributed by atoms with Gasteiger partial charge >= 0.3 is 5.97 Å². The lowest BCUT2D eigenvalue weighted by Gasteiger charge is -2.27. The Kier molecular flexibility index (Phi) is 6.27. The molecule has 0 heterocycles. The minimum absolute atomic E-state index is 0.241. The average molecular weight is 309 g/mol. The fraction of sp³-hybridized carbons (Fsp3) is 0.500. The fourth-order valence-electron chi connectivity index (χ4n) is 1.91. The van der Waals surface area contributed by atoms with Crippen molar-refractivity contribution in [1.82, 2.24) is 5.32 Å². The van der Waals surface area contributed by atoms with Crippen LogP contribution in [0.1, 0.15) is 31.9 Å². The molecule has 1 aromatic carbocycles. The molecule has 0 radical (unpaired) electrons. The maximum Gasteiger partial charge on any atom is 0.326 e. The number of carbonyl (C=O) groups excluding carboxylic acids is 1. The molecule has 0 saturated heterocycles. The Labute approximate surface area is 130 Å². The molecule has 0 unspecified atom stereocenters. The average Bonchev–Trinajstić information content (AvgIpc) is 2.34. The normalized spacial score (nSPS) is 12.8. The first-order valence-corrected chi connectivity index (χ1v) is 8.01. The van der Waals surface area contributed by atoms with E-state index in [0.717, 1.165) is 5.75 Å². The zero-order chi connectivity index (χ0) is 16.0. The van der Waals surface area contributed by atoms with E-state index in [-0.39, 0.29) is 11.7 Å². The minimum atomic E-state index is -1.00. The maximum atomic E-state index is 11.9. The van der Waals surface area contributed by atoms with Crippen molar-refractivity contribution in [2.75, 3.05) is 5.75 Å². The SMILES string of the molecule is Cc1cccc(CSCC(=O)N[C@@H](C(=O)O)C(C)(C)C)c1. The lowest BCUT2D eigenvalue weighted by molar-refractivity contribution is -0.144. The van der Waals surface area contributed by atoms with Crippen LogP contribution >= 0.6 is 11.8 Å². The number of carboxylic acids is 1. The predicted molar refractivity (Wildman–Crippen MR) is 86.4 cm³/mol. The van der Waals surface area contributed by atoms with Gasteiger partial charge in [-0.1, -0.05) is 50.6 Å². The lowest BCUT2D eigenvalue weighted by atomic mass is 9.87. The Balaban J connectivity index is 2.45.